The van der Waals surface area contributed by atoms with E-state index in [1.54, 1.807) is 0 Å². The van der Waals surface area contributed by atoms with Crippen LogP contribution in [0.25, 0.3) is 0 Å². The fourth-order valence-electron chi connectivity index (χ4n) is 2.53. The Balaban J connectivity index is 3.27. The van der Waals surface area contributed by atoms with E-state index in [-0.39, 0.29) is 10.8 Å². The molecule has 2 heteroatoms. The molecule has 2 N–H and O–H groups in total. The smallest absolute Gasteiger partial charge is 0.123 e. The van der Waals surface area contributed by atoms with Gasteiger partial charge in [-0.25, -0.2) is 0 Å². The Morgan fingerprint density at radius 1 is 1.05 bits per heavy atom. The molecule has 124 valence electrons. The molecule has 0 aliphatic rings. The first-order valence-electron chi connectivity index (χ1n) is 8.04. The number of phenols is 1. The van der Waals surface area contributed by atoms with Crippen molar-refractivity contribution in [3.05, 3.63) is 41.0 Å². The molecule has 1 aromatic rings. The molecule has 0 fully saturated rings. The molecule has 1 rings (SSSR count). The summed E-state index contributed by atoms with van der Waals surface area (Å²) in [7, 11) is 0. The van der Waals surface area contributed by atoms with E-state index in [0.717, 1.165) is 28.7 Å². The van der Waals surface area contributed by atoms with Crippen molar-refractivity contribution < 1.29 is 10.2 Å². The molecule has 0 amide bonds. The highest BCUT2D eigenvalue weighted by atomic mass is 16.3. The molecule has 0 heterocycles. The second-order valence-corrected chi connectivity index (χ2v) is 8.44. The van der Waals surface area contributed by atoms with Gasteiger partial charge in [0.2, 0.25) is 0 Å². The predicted octanol–water partition coefficient (Wildman–Crippen LogP) is 4.86. The van der Waals surface area contributed by atoms with Gasteiger partial charge in [0.15, 0.2) is 0 Å². The van der Waals surface area contributed by atoms with Crippen LogP contribution in [-0.4, -0.2) is 16.3 Å². The third-order valence-electron chi connectivity index (χ3n) is 4.06. The van der Waals surface area contributed by atoms with E-state index in [9.17, 15) is 10.2 Å². The first-order chi connectivity index (χ1) is 9.84. The quantitative estimate of drug-likeness (QED) is 0.780. The molecule has 0 saturated heterocycles. The van der Waals surface area contributed by atoms with Gasteiger partial charge in [0, 0.05) is 0 Å². The number of phenolic OH excluding ortho intramolecular Hbond substituents is 1. The Hall–Kier alpha value is -1.28. The lowest BCUT2D eigenvalue weighted by Crippen LogP contribution is -2.18. The van der Waals surface area contributed by atoms with Crippen molar-refractivity contribution in [2.75, 3.05) is 0 Å². The maximum Gasteiger partial charge on any atom is 0.123 e. The molecule has 0 bridgehead atoms. The molecule has 0 aliphatic carbocycles. The summed E-state index contributed by atoms with van der Waals surface area (Å²) < 4.78 is 0. The van der Waals surface area contributed by atoms with Crippen molar-refractivity contribution >= 4 is 0 Å². The van der Waals surface area contributed by atoms with E-state index in [4.69, 9.17) is 0 Å². The topological polar surface area (TPSA) is 40.5 Å². The largest absolute Gasteiger partial charge is 0.507 e. The summed E-state index contributed by atoms with van der Waals surface area (Å²) in [5.41, 5.74) is 3.67. The maximum atomic E-state index is 10.7. The van der Waals surface area contributed by atoms with Crippen molar-refractivity contribution in [3.63, 3.8) is 0 Å². The summed E-state index contributed by atoms with van der Waals surface area (Å²) >= 11 is 0. The van der Waals surface area contributed by atoms with Gasteiger partial charge in [-0.1, -0.05) is 65.8 Å². The second kappa shape index (κ2) is 6.45. The number of aryl methyl sites for hydroxylation is 1. The Morgan fingerprint density at radius 2 is 1.45 bits per heavy atom. The minimum Gasteiger partial charge on any atom is -0.507 e. The van der Waals surface area contributed by atoms with Crippen molar-refractivity contribution in [1.82, 2.24) is 0 Å². The highest BCUT2D eigenvalue weighted by molar-refractivity contribution is 5.49. The summed E-state index contributed by atoms with van der Waals surface area (Å²) in [6, 6.07) is 4.16. The van der Waals surface area contributed by atoms with Crippen molar-refractivity contribution in [2.24, 2.45) is 0 Å². The zero-order valence-electron chi connectivity index (χ0n) is 15.2. The number of rotatable bonds is 4. The molecule has 0 radical (unpaired) electrons. The fraction of sp³-hybridized carbons (Fsp3) is 0.600. The van der Waals surface area contributed by atoms with Crippen LogP contribution in [0.5, 0.6) is 5.75 Å². The minimum atomic E-state index is -0.468. The van der Waals surface area contributed by atoms with Crippen LogP contribution in [0.3, 0.4) is 0 Å². The lowest BCUT2D eigenvalue weighted by molar-refractivity contribution is 0.201. The molecule has 0 saturated carbocycles. The van der Waals surface area contributed by atoms with Gasteiger partial charge in [-0.2, -0.15) is 0 Å². The number of hydrogen-bond donors (Lipinski definition) is 2. The van der Waals surface area contributed by atoms with Crippen LogP contribution in [-0.2, 0) is 17.3 Å². The molecule has 2 nitrogen and oxygen atoms in total. The average Bonchev–Trinajstić information content (AvgIpc) is 2.33. The molecule has 22 heavy (non-hydrogen) atoms. The third-order valence-corrected chi connectivity index (χ3v) is 4.06. The van der Waals surface area contributed by atoms with Crippen LogP contribution in [0.4, 0.5) is 0 Å². The van der Waals surface area contributed by atoms with Gasteiger partial charge in [0.1, 0.15) is 5.75 Å². The molecular weight excluding hydrogens is 272 g/mol. The summed E-state index contributed by atoms with van der Waals surface area (Å²) in [5, 5.41) is 20.6. The lowest BCUT2D eigenvalue weighted by Gasteiger charge is -2.28. The van der Waals surface area contributed by atoms with E-state index in [2.05, 4.69) is 60.3 Å². The Morgan fingerprint density at radius 3 is 1.77 bits per heavy atom. The monoisotopic (exact) mass is 304 g/mol. The molecule has 0 spiro atoms. The molecule has 0 aliphatic heterocycles. The van der Waals surface area contributed by atoms with Gasteiger partial charge >= 0.3 is 0 Å². The van der Waals surface area contributed by atoms with E-state index >= 15 is 0 Å². The first-order valence-corrected chi connectivity index (χ1v) is 8.04. The summed E-state index contributed by atoms with van der Waals surface area (Å²) in [5.74, 6) is 0.407. The summed E-state index contributed by atoms with van der Waals surface area (Å²) in [6.07, 6.45) is 0.971. The van der Waals surface area contributed by atoms with Gasteiger partial charge < -0.3 is 10.2 Å². The van der Waals surface area contributed by atoms with E-state index in [0.29, 0.717) is 12.2 Å². The van der Waals surface area contributed by atoms with Gasteiger partial charge in [-0.3, -0.25) is 0 Å². The normalized spacial score (nSPS) is 14.0. The second-order valence-electron chi connectivity index (χ2n) is 8.44. The standard InChI is InChI=1S/C20H32O2/c1-13(2)17(21)10-9-14-11-15(19(3,4)5)18(22)16(12-14)20(6,7)8/h11-12,17,21-22H,1,9-10H2,2-8H3. The van der Waals surface area contributed by atoms with Crippen LogP contribution in [0.2, 0.25) is 0 Å². The Labute approximate surface area is 135 Å². The molecule has 1 aromatic carbocycles. The zero-order valence-corrected chi connectivity index (χ0v) is 15.2. The van der Waals surface area contributed by atoms with Crippen LogP contribution >= 0.6 is 0 Å². The molecule has 1 atom stereocenters. The predicted molar refractivity (Wildman–Crippen MR) is 94.6 cm³/mol. The number of benzene rings is 1. The molecule has 1 unspecified atom stereocenters. The number of aliphatic hydroxyl groups excluding tert-OH is 1. The highest BCUT2D eigenvalue weighted by Crippen LogP contribution is 2.40. The summed E-state index contributed by atoms with van der Waals surface area (Å²) in [6.45, 7) is 18.3. The Bertz CT molecular complexity index is 507. The van der Waals surface area contributed by atoms with E-state index < -0.39 is 6.10 Å². The van der Waals surface area contributed by atoms with Gasteiger partial charge in [0.05, 0.1) is 6.10 Å². The minimum absolute atomic E-state index is 0.118. The van der Waals surface area contributed by atoms with E-state index in [1.165, 1.54) is 0 Å². The first kappa shape index (κ1) is 18.8. The van der Waals surface area contributed by atoms with Gasteiger partial charge in [-0.15, -0.1) is 0 Å². The average molecular weight is 304 g/mol. The third kappa shape index (κ3) is 4.61. The number of aliphatic hydroxyl groups is 1. The van der Waals surface area contributed by atoms with Gasteiger partial charge in [-0.05, 0) is 47.3 Å². The number of aromatic hydroxyl groups is 1. The van der Waals surface area contributed by atoms with Crippen LogP contribution in [0.15, 0.2) is 24.3 Å². The highest BCUT2D eigenvalue weighted by Gasteiger charge is 2.26. The lowest BCUT2D eigenvalue weighted by atomic mass is 9.78. The van der Waals surface area contributed by atoms with Crippen LogP contribution < -0.4 is 0 Å². The maximum absolute atomic E-state index is 10.7. The van der Waals surface area contributed by atoms with Crippen LogP contribution in [0, 0.1) is 0 Å². The van der Waals surface area contributed by atoms with Crippen LogP contribution in [0.1, 0.15) is 71.6 Å². The van der Waals surface area contributed by atoms with Crippen molar-refractivity contribution in [2.45, 2.75) is 78.2 Å². The van der Waals surface area contributed by atoms with Crippen molar-refractivity contribution in [1.29, 1.82) is 0 Å². The summed E-state index contributed by atoms with van der Waals surface area (Å²) in [4.78, 5) is 0. The SMILES string of the molecule is C=C(C)C(O)CCc1cc(C(C)(C)C)c(O)c(C(C)(C)C)c1. The Kier molecular flexibility index (Phi) is 5.51. The zero-order chi connectivity index (χ0) is 17.3. The number of hydrogen-bond acceptors (Lipinski definition) is 2. The molecule has 0 aromatic heterocycles. The van der Waals surface area contributed by atoms with Gasteiger partial charge in [0.25, 0.3) is 0 Å². The molecular formula is C20H32O2. The van der Waals surface area contributed by atoms with E-state index in [1.807, 2.05) is 6.92 Å². The van der Waals surface area contributed by atoms with Crippen molar-refractivity contribution in [3.8, 4) is 5.75 Å². The fourth-order valence-corrected chi connectivity index (χ4v) is 2.53.